The van der Waals surface area contributed by atoms with E-state index in [2.05, 4.69) is 52.5 Å². The van der Waals surface area contributed by atoms with Crippen molar-refractivity contribution in [2.75, 3.05) is 18.9 Å². The van der Waals surface area contributed by atoms with Gasteiger partial charge in [0.25, 0.3) is 0 Å². The van der Waals surface area contributed by atoms with Gasteiger partial charge in [-0.3, -0.25) is 0 Å². The predicted octanol–water partition coefficient (Wildman–Crippen LogP) is 2.92. The summed E-state index contributed by atoms with van der Waals surface area (Å²) in [6, 6.07) is 4.14. The Kier molecular flexibility index (Phi) is 3.76. The van der Waals surface area contributed by atoms with Gasteiger partial charge in [0.2, 0.25) is 0 Å². The lowest BCUT2D eigenvalue weighted by molar-refractivity contribution is 0.448. The summed E-state index contributed by atoms with van der Waals surface area (Å²) in [5, 5.41) is 7.84. The van der Waals surface area contributed by atoms with Crippen molar-refractivity contribution >= 4 is 32.3 Å². The number of thiophene rings is 1. The Hall–Kier alpha value is -0.0600. The normalized spacial score (nSPS) is 11.7. The zero-order valence-corrected chi connectivity index (χ0v) is 10.6. The van der Waals surface area contributed by atoms with E-state index < -0.39 is 0 Å². The highest BCUT2D eigenvalue weighted by Gasteiger charge is 2.13. The van der Waals surface area contributed by atoms with Gasteiger partial charge in [0.05, 0.1) is 8.79 Å². The molecule has 1 rings (SSSR count). The molecular formula is C9H15BrN2S. The average molecular weight is 263 g/mol. The Morgan fingerprint density at radius 1 is 1.46 bits per heavy atom. The Balaban J connectivity index is 2.43. The van der Waals surface area contributed by atoms with E-state index in [0.717, 1.165) is 10.3 Å². The summed E-state index contributed by atoms with van der Waals surface area (Å²) in [5.74, 6) is 0. The Labute approximate surface area is 91.9 Å². The van der Waals surface area contributed by atoms with Gasteiger partial charge in [-0.25, -0.2) is 0 Å². The fourth-order valence-electron chi connectivity index (χ4n) is 0.806. The molecule has 0 saturated heterocycles. The summed E-state index contributed by atoms with van der Waals surface area (Å²) in [5.41, 5.74) is 0.135. The van der Waals surface area contributed by atoms with E-state index in [1.165, 1.54) is 5.00 Å². The molecule has 0 fully saturated rings. The third kappa shape index (κ3) is 3.67. The summed E-state index contributed by atoms with van der Waals surface area (Å²) in [7, 11) is 1.98. The summed E-state index contributed by atoms with van der Waals surface area (Å²) in [6.45, 7) is 5.27. The van der Waals surface area contributed by atoms with Crippen LogP contribution in [0.4, 0.5) is 5.00 Å². The first kappa shape index (κ1) is 11.0. The number of hydrogen-bond acceptors (Lipinski definition) is 3. The Bertz CT molecular complexity index is 270. The van der Waals surface area contributed by atoms with E-state index in [4.69, 9.17) is 0 Å². The maximum atomic E-state index is 3.43. The van der Waals surface area contributed by atoms with Crippen LogP contribution in [0.3, 0.4) is 0 Å². The van der Waals surface area contributed by atoms with Crippen LogP contribution in [-0.2, 0) is 0 Å². The number of likely N-dealkylation sites (N-methyl/N-ethyl adjacent to an activating group) is 1. The van der Waals surface area contributed by atoms with Crippen molar-refractivity contribution < 1.29 is 0 Å². The number of anilines is 1. The predicted molar refractivity (Wildman–Crippen MR) is 63.6 cm³/mol. The van der Waals surface area contributed by atoms with Crippen LogP contribution < -0.4 is 10.6 Å². The van der Waals surface area contributed by atoms with E-state index in [9.17, 15) is 0 Å². The van der Waals surface area contributed by atoms with Gasteiger partial charge in [-0.05, 0) is 49.0 Å². The van der Waals surface area contributed by atoms with Gasteiger partial charge in [0.1, 0.15) is 0 Å². The van der Waals surface area contributed by atoms with E-state index in [1.54, 1.807) is 11.3 Å². The highest BCUT2D eigenvalue weighted by Crippen LogP contribution is 2.26. The molecule has 0 spiro atoms. The lowest BCUT2D eigenvalue weighted by Crippen LogP contribution is -2.42. The number of nitrogens with one attached hydrogen (secondary N) is 2. The van der Waals surface area contributed by atoms with Crippen LogP contribution in [0, 0.1) is 0 Å². The summed E-state index contributed by atoms with van der Waals surface area (Å²) in [4.78, 5) is 0. The van der Waals surface area contributed by atoms with Crippen LogP contribution in [0.5, 0.6) is 0 Å². The lowest BCUT2D eigenvalue weighted by Gasteiger charge is -2.24. The van der Waals surface area contributed by atoms with E-state index in [-0.39, 0.29) is 5.54 Å². The highest BCUT2D eigenvalue weighted by atomic mass is 79.9. The molecule has 0 unspecified atom stereocenters. The SMILES string of the molecule is CNC(C)(C)CNc1ccc(Br)s1. The van der Waals surface area contributed by atoms with Gasteiger partial charge in [-0.2, -0.15) is 0 Å². The first-order chi connectivity index (χ1) is 6.03. The largest absolute Gasteiger partial charge is 0.375 e. The summed E-state index contributed by atoms with van der Waals surface area (Å²) < 4.78 is 1.16. The molecule has 0 amide bonds. The standard InChI is InChI=1S/C9H15BrN2S/c1-9(2,11-3)6-12-8-5-4-7(10)13-8/h4-5,11-12H,6H2,1-3H3. The van der Waals surface area contributed by atoms with Crippen molar-refractivity contribution in [3.05, 3.63) is 15.9 Å². The van der Waals surface area contributed by atoms with Gasteiger partial charge in [0.15, 0.2) is 0 Å². The first-order valence-electron chi connectivity index (χ1n) is 4.22. The van der Waals surface area contributed by atoms with Crippen molar-refractivity contribution in [2.24, 2.45) is 0 Å². The molecule has 0 bridgehead atoms. The van der Waals surface area contributed by atoms with Crippen LogP contribution in [0.15, 0.2) is 15.9 Å². The topological polar surface area (TPSA) is 24.1 Å². The second-order valence-electron chi connectivity index (χ2n) is 3.59. The Morgan fingerprint density at radius 3 is 2.62 bits per heavy atom. The van der Waals surface area contributed by atoms with E-state index >= 15 is 0 Å². The average Bonchev–Trinajstić information content (AvgIpc) is 2.48. The molecule has 0 aliphatic rings. The molecule has 1 aromatic heterocycles. The molecule has 0 aromatic carbocycles. The van der Waals surface area contributed by atoms with Crippen LogP contribution >= 0.6 is 27.3 Å². The van der Waals surface area contributed by atoms with Gasteiger partial charge in [-0.15, -0.1) is 11.3 Å². The zero-order chi connectivity index (χ0) is 9.90. The minimum absolute atomic E-state index is 0.135. The van der Waals surface area contributed by atoms with Gasteiger partial charge < -0.3 is 10.6 Å². The molecule has 1 aromatic rings. The molecule has 0 aliphatic carbocycles. The second-order valence-corrected chi connectivity index (χ2v) is 6.05. The molecule has 0 radical (unpaired) electrons. The number of hydrogen-bond donors (Lipinski definition) is 2. The summed E-state index contributed by atoms with van der Waals surface area (Å²) >= 11 is 5.15. The quantitative estimate of drug-likeness (QED) is 0.872. The maximum Gasteiger partial charge on any atom is 0.0895 e. The fraction of sp³-hybridized carbons (Fsp3) is 0.556. The van der Waals surface area contributed by atoms with Crippen LogP contribution in [0.2, 0.25) is 0 Å². The van der Waals surface area contributed by atoms with Gasteiger partial charge in [-0.1, -0.05) is 0 Å². The number of rotatable bonds is 4. The third-order valence-electron chi connectivity index (χ3n) is 1.95. The van der Waals surface area contributed by atoms with E-state index in [0.29, 0.717) is 0 Å². The maximum absolute atomic E-state index is 3.43. The fourth-order valence-corrected chi connectivity index (χ4v) is 2.09. The molecule has 1 heterocycles. The molecule has 4 heteroatoms. The van der Waals surface area contributed by atoms with Crippen molar-refractivity contribution in [3.63, 3.8) is 0 Å². The van der Waals surface area contributed by atoms with Gasteiger partial charge in [0, 0.05) is 12.1 Å². The second kappa shape index (κ2) is 4.44. The van der Waals surface area contributed by atoms with Crippen LogP contribution in [-0.4, -0.2) is 19.1 Å². The lowest BCUT2D eigenvalue weighted by atomic mass is 10.1. The first-order valence-corrected chi connectivity index (χ1v) is 5.82. The molecule has 0 saturated carbocycles. The van der Waals surface area contributed by atoms with E-state index in [1.807, 2.05) is 7.05 Å². The van der Waals surface area contributed by atoms with Crippen LogP contribution in [0.1, 0.15) is 13.8 Å². The molecular weight excluding hydrogens is 248 g/mol. The highest BCUT2D eigenvalue weighted by molar-refractivity contribution is 9.11. The van der Waals surface area contributed by atoms with Crippen molar-refractivity contribution in [1.82, 2.24) is 5.32 Å². The monoisotopic (exact) mass is 262 g/mol. The van der Waals surface area contributed by atoms with Gasteiger partial charge >= 0.3 is 0 Å². The molecule has 0 aliphatic heterocycles. The molecule has 0 atom stereocenters. The minimum Gasteiger partial charge on any atom is -0.375 e. The van der Waals surface area contributed by atoms with Crippen molar-refractivity contribution in [2.45, 2.75) is 19.4 Å². The summed E-state index contributed by atoms with van der Waals surface area (Å²) in [6.07, 6.45) is 0. The van der Waals surface area contributed by atoms with Crippen molar-refractivity contribution in [1.29, 1.82) is 0 Å². The molecule has 2 nitrogen and oxygen atoms in total. The third-order valence-corrected chi connectivity index (χ3v) is 3.54. The molecule has 13 heavy (non-hydrogen) atoms. The Morgan fingerprint density at radius 2 is 2.15 bits per heavy atom. The van der Waals surface area contributed by atoms with Crippen molar-refractivity contribution in [3.8, 4) is 0 Å². The minimum atomic E-state index is 0.135. The molecule has 74 valence electrons. The molecule has 2 N–H and O–H groups in total. The number of halogens is 1. The smallest absolute Gasteiger partial charge is 0.0895 e. The van der Waals surface area contributed by atoms with Crippen LogP contribution in [0.25, 0.3) is 0 Å². The zero-order valence-electron chi connectivity index (χ0n) is 8.15.